The summed E-state index contributed by atoms with van der Waals surface area (Å²) < 4.78 is 41.2. The van der Waals surface area contributed by atoms with E-state index in [2.05, 4.69) is 10.3 Å². The minimum atomic E-state index is -3.19. The van der Waals surface area contributed by atoms with E-state index >= 15 is 0 Å². The fourth-order valence-corrected chi connectivity index (χ4v) is 3.23. The van der Waals surface area contributed by atoms with Crippen molar-refractivity contribution >= 4 is 21.4 Å². The van der Waals surface area contributed by atoms with Crippen molar-refractivity contribution in [1.82, 2.24) is 4.98 Å². The molecule has 0 aliphatic rings. The SMILES string of the molecule is CS(=O)(=O)Cc1cccc(C(=O)Nc2ccc(Oc3ccc(F)cc3)nc2)c1. The van der Waals surface area contributed by atoms with Crippen LogP contribution in [0.3, 0.4) is 0 Å². The Morgan fingerprint density at radius 2 is 1.86 bits per heavy atom. The van der Waals surface area contributed by atoms with Crippen LogP contribution < -0.4 is 10.1 Å². The standard InChI is InChI=1S/C20H17FN2O4S/c1-28(25,26)13-14-3-2-4-15(11-14)20(24)23-17-7-10-19(22-12-17)27-18-8-5-16(21)6-9-18/h2-12H,13H2,1H3,(H,23,24). The summed E-state index contributed by atoms with van der Waals surface area (Å²) in [4.78, 5) is 16.5. The van der Waals surface area contributed by atoms with Crippen molar-refractivity contribution in [1.29, 1.82) is 0 Å². The van der Waals surface area contributed by atoms with Crippen LogP contribution in [0.4, 0.5) is 10.1 Å². The first-order chi connectivity index (χ1) is 13.3. The van der Waals surface area contributed by atoms with Gasteiger partial charge in [0.05, 0.1) is 17.6 Å². The van der Waals surface area contributed by atoms with Crippen molar-refractivity contribution in [2.75, 3.05) is 11.6 Å². The first-order valence-corrected chi connectivity index (χ1v) is 10.3. The number of hydrogen-bond donors (Lipinski definition) is 1. The third-order valence-corrected chi connectivity index (χ3v) is 4.51. The third kappa shape index (κ3) is 5.62. The molecule has 8 heteroatoms. The number of aromatic nitrogens is 1. The lowest BCUT2D eigenvalue weighted by Gasteiger charge is -2.08. The number of ether oxygens (including phenoxy) is 1. The first kappa shape index (κ1) is 19.5. The molecule has 2 aromatic carbocycles. The Bertz CT molecular complexity index is 1080. The Labute approximate surface area is 161 Å². The van der Waals surface area contributed by atoms with Gasteiger partial charge in [-0.05, 0) is 48.0 Å². The second-order valence-electron chi connectivity index (χ2n) is 6.17. The molecule has 3 rings (SSSR count). The molecule has 1 N–H and O–H groups in total. The summed E-state index contributed by atoms with van der Waals surface area (Å²) in [5.74, 6) is -0.151. The summed E-state index contributed by atoms with van der Waals surface area (Å²) in [5.41, 5.74) is 1.33. The van der Waals surface area contributed by atoms with E-state index < -0.39 is 9.84 Å². The number of hydrogen-bond acceptors (Lipinski definition) is 5. The Kier molecular flexibility index (Phi) is 5.70. The van der Waals surface area contributed by atoms with E-state index in [1.165, 1.54) is 36.5 Å². The molecule has 28 heavy (non-hydrogen) atoms. The number of anilines is 1. The number of rotatable bonds is 6. The number of amides is 1. The van der Waals surface area contributed by atoms with Gasteiger partial charge in [0.15, 0.2) is 9.84 Å². The van der Waals surface area contributed by atoms with Crippen LogP contribution in [-0.2, 0) is 15.6 Å². The normalized spacial score (nSPS) is 11.1. The first-order valence-electron chi connectivity index (χ1n) is 8.26. The van der Waals surface area contributed by atoms with Crippen molar-refractivity contribution in [2.45, 2.75) is 5.75 Å². The molecule has 1 amide bonds. The summed E-state index contributed by atoms with van der Waals surface area (Å²) in [6.45, 7) is 0. The van der Waals surface area contributed by atoms with E-state index in [1.807, 2.05) is 0 Å². The lowest BCUT2D eigenvalue weighted by atomic mass is 10.1. The molecule has 0 aliphatic carbocycles. The summed E-state index contributed by atoms with van der Waals surface area (Å²) >= 11 is 0. The van der Waals surface area contributed by atoms with Crippen LogP contribution in [0.25, 0.3) is 0 Å². The van der Waals surface area contributed by atoms with Gasteiger partial charge < -0.3 is 10.1 Å². The lowest BCUT2D eigenvalue weighted by molar-refractivity contribution is 0.102. The van der Waals surface area contributed by atoms with Crippen molar-refractivity contribution < 1.29 is 22.3 Å². The fourth-order valence-electron chi connectivity index (χ4n) is 2.45. The molecule has 144 valence electrons. The number of nitrogens with one attached hydrogen (secondary N) is 1. The highest BCUT2D eigenvalue weighted by Crippen LogP contribution is 2.21. The Morgan fingerprint density at radius 3 is 2.50 bits per heavy atom. The zero-order valence-corrected chi connectivity index (χ0v) is 15.7. The van der Waals surface area contributed by atoms with E-state index in [4.69, 9.17) is 4.74 Å². The van der Waals surface area contributed by atoms with Crippen LogP contribution in [0.2, 0.25) is 0 Å². The van der Waals surface area contributed by atoms with Gasteiger partial charge in [0, 0.05) is 17.9 Å². The molecule has 0 spiro atoms. The predicted octanol–water partition coefficient (Wildman–Crippen LogP) is 3.81. The van der Waals surface area contributed by atoms with Gasteiger partial charge in [0.2, 0.25) is 5.88 Å². The quantitative estimate of drug-likeness (QED) is 0.680. The largest absolute Gasteiger partial charge is 0.439 e. The van der Waals surface area contributed by atoms with Crippen molar-refractivity contribution in [2.24, 2.45) is 0 Å². The van der Waals surface area contributed by atoms with Gasteiger partial charge in [-0.3, -0.25) is 4.79 Å². The number of carbonyl (C=O) groups excluding carboxylic acids is 1. The maximum absolute atomic E-state index is 12.9. The molecule has 0 saturated heterocycles. The minimum Gasteiger partial charge on any atom is -0.439 e. The van der Waals surface area contributed by atoms with E-state index in [9.17, 15) is 17.6 Å². The van der Waals surface area contributed by atoms with E-state index in [1.54, 1.807) is 30.3 Å². The number of nitrogens with zero attached hydrogens (tertiary/aromatic N) is 1. The van der Waals surface area contributed by atoms with Gasteiger partial charge in [-0.2, -0.15) is 0 Å². The van der Waals surface area contributed by atoms with E-state index in [0.717, 1.165) is 6.26 Å². The van der Waals surface area contributed by atoms with Crippen molar-refractivity contribution in [3.05, 3.63) is 83.8 Å². The number of sulfone groups is 1. The monoisotopic (exact) mass is 400 g/mol. The van der Waals surface area contributed by atoms with E-state index in [-0.39, 0.29) is 17.5 Å². The highest BCUT2D eigenvalue weighted by atomic mass is 32.2. The van der Waals surface area contributed by atoms with Crippen molar-refractivity contribution in [3.8, 4) is 11.6 Å². The van der Waals surface area contributed by atoms with Gasteiger partial charge >= 0.3 is 0 Å². The molecule has 0 fully saturated rings. The van der Waals surface area contributed by atoms with E-state index in [0.29, 0.717) is 28.4 Å². The molecule has 0 bridgehead atoms. The minimum absolute atomic E-state index is 0.134. The molecule has 6 nitrogen and oxygen atoms in total. The maximum Gasteiger partial charge on any atom is 0.255 e. The maximum atomic E-state index is 12.9. The van der Waals surface area contributed by atoms with Gasteiger partial charge in [0.25, 0.3) is 5.91 Å². The summed E-state index contributed by atoms with van der Waals surface area (Å²) in [5, 5.41) is 2.69. The van der Waals surface area contributed by atoms with Crippen LogP contribution in [0.1, 0.15) is 15.9 Å². The molecular formula is C20H17FN2O4S. The van der Waals surface area contributed by atoms with Gasteiger partial charge in [-0.1, -0.05) is 12.1 Å². The average molecular weight is 400 g/mol. The second-order valence-corrected chi connectivity index (χ2v) is 8.31. The van der Waals surface area contributed by atoms with Gasteiger partial charge in [-0.25, -0.2) is 17.8 Å². The highest BCUT2D eigenvalue weighted by Gasteiger charge is 2.10. The molecule has 3 aromatic rings. The van der Waals surface area contributed by atoms with Crippen LogP contribution in [0.5, 0.6) is 11.6 Å². The van der Waals surface area contributed by atoms with Crippen LogP contribution >= 0.6 is 0 Å². The Hall–Kier alpha value is -3.26. The van der Waals surface area contributed by atoms with Gasteiger partial charge in [-0.15, -0.1) is 0 Å². The molecule has 1 aromatic heterocycles. The third-order valence-electron chi connectivity index (χ3n) is 3.65. The van der Waals surface area contributed by atoms with Crippen molar-refractivity contribution in [3.63, 3.8) is 0 Å². The molecule has 0 radical (unpaired) electrons. The topological polar surface area (TPSA) is 85.4 Å². The zero-order valence-electron chi connectivity index (χ0n) is 14.9. The number of pyridine rings is 1. The number of halogens is 1. The van der Waals surface area contributed by atoms with Gasteiger partial charge in [0.1, 0.15) is 11.6 Å². The van der Waals surface area contributed by atoms with Crippen LogP contribution in [0, 0.1) is 5.82 Å². The molecule has 0 atom stereocenters. The summed E-state index contributed by atoms with van der Waals surface area (Å²) in [7, 11) is -3.19. The Balaban J connectivity index is 1.66. The smallest absolute Gasteiger partial charge is 0.255 e. The summed E-state index contributed by atoms with van der Waals surface area (Å²) in [6, 6.07) is 15.1. The molecule has 0 unspecified atom stereocenters. The fraction of sp³-hybridized carbons (Fsp3) is 0.100. The molecule has 0 saturated carbocycles. The second kappa shape index (κ2) is 8.18. The summed E-state index contributed by atoms with van der Waals surface area (Å²) in [6.07, 6.45) is 2.57. The lowest BCUT2D eigenvalue weighted by Crippen LogP contribution is -2.12. The zero-order chi connectivity index (χ0) is 20.1. The average Bonchev–Trinajstić information content (AvgIpc) is 2.64. The molecule has 0 aliphatic heterocycles. The van der Waals surface area contributed by atoms with Crippen LogP contribution in [-0.4, -0.2) is 25.6 Å². The molecule has 1 heterocycles. The predicted molar refractivity (Wildman–Crippen MR) is 104 cm³/mol. The Morgan fingerprint density at radius 1 is 1.11 bits per heavy atom. The molecular weight excluding hydrogens is 383 g/mol. The number of benzene rings is 2. The highest BCUT2D eigenvalue weighted by molar-refractivity contribution is 7.89. The number of carbonyl (C=O) groups is 1. The van der Waals surface area contributed by atoms with Crippen LogP contribution in [0.15, 0.2) is 66.9 Å².